The molecule has 3 atom stereocenters. The molecule has 1 rings (SSSR count). The summed E-state index contributed by atoms with van der Waals surface area (Å²) in [4.78, 5) is 2.25. The smallest absolute Gasteiger partial charge is 0.0947 e. The van der Waals surface area contributed by atoms with Crippen molar-refractivity contribution in [1.82, 2.24) is 4.90 Å². The van der Waals surface area contributed by atoms with Crippen LogP contribution in [0.2, 0.25) is 0 Å². The van der Waals surface area contributed by atoms with Crippen LogP contribution in [0.1, 0.15) is 20.3 Å². The van der Waals surface area contributed by atoms with Crippen LogP contribution in [0.3, 0.4) is 0 Å². The molecule has 0 radical (unpaired) electrons. The quantitative estimate of drug-likeness (QED) is 0.516. The molecule has 0 amide bonds. The predicted molar refractivity (Wildman–Crippen MR) is 57.5 cm³/mol. The average molecular weight is 199 g/mol. The van der Waals surface area contributed by atoms with Gasteiger partial charge in [-0.3, -0.25) is 5.41 Å². The number of nitrogens with zero attached hydrogens (tertiary/aromatic N) is 1. The van der Waals surface area contributed by atoms with Gasteiger partial charge in [0.1, 0.15) is 0 Å². The molecule has 4 nitrogen and oxygen atoms in total. The summed E-state index contributed by atoms with van der Waals surface area (Å²) in [7, 11) is 2.08. The van der Waals surface area contributed by atoms with Crippen molar-refractivity contribution in [2.75, 3.05) is 20.2 Å². The second-order valence-electron chi connectivity index (χ2n) is 4.23. The summed E-state index contributed by atoms with van der Waals surface area (Å²) in [5.74, 6) is 0.399. The van der Waals surface area contributed by atoms with E-state index in [2.05, 4.69) is 18.9 Å². The number of likely N-dealkylation sites (N-methyl/N-ethyl adjacent to an activating group) is 1. The number of nitrogens with one attached hydrogen (secondary N) is 1. The van der Waals surface area contributed by atoms with Gasteiger partial charge in [0, 0.05) is 25.1 Å². The Bertz CT molecular complexity index is 208. The summed E-state index contributed by atoms with van der Waals surface area (Å²) >= 11 is 0. The van der Waals surface area contributed by atoms with E-state index in [0.29, 0.717) is 12.1 Å². The van der Waals surface area contributed by atoms with E-state index in [4.69, 9.17) is 15.9 Å². The number of rotatable bonds is 4. The Kier molecular flexibility index (Phi) is 3.89. The third-order valence-corrected chi connectivity index (χ3v) is 3.00. The Morgan fingerprint density at radius 1 is 1.71 bits per heavy atom. The zero-order valence-electron chi connectivity index (χ0n) is 9.29. The van der Waals surface area contributed by atoms with Crippen molar-refractivity contribution in [3.8, 4) is 0 Å². The highest BCUT2D eigenvalue weighted by molar-refractivity contribution is 5.79. The maximum Gasteiger partial charge on any atom is 0.0947 e. The van der Waals surface area contributed by atoms with Crippen LogP contribution in [-0.2, 0) is 4.74 Å². The second kappa shape index (κ2) is 4.75. The van der Waals surface area contributed by atoms with E-state index >= 15 is 0 Å². The Balaban J connectivity index is 2.41. The first-order chi connectivity index (χ1) is 6.52. The molecule has 1 saturated heterocycles. The molecule has 0 aromatic rings. The highest BCUT2D eigenvalue weighted by atomic mass is 16.5. The van der Waals surface area contributed by atoms with Crippen molar-refractivity contribution in [3.05, 3.63) is 0 Å². The number of hydrogen-bond donors (Lipinski definition) is 2. The van der Waals surface area contributed by atoms with Crippen molar-refractivity contribution < 1.29 is 4.74 Å². The standard InChI is InChI=1S/C10H21N3O/c1-7(10(11)12)6-13(3)9-4-5-14-8(9)2/h7-9H,4-6H2,1-3H3,(H3,11,12). The van der Waals surface area contributed by atoms with Gasteiger partial charge in [-0.2, -0.15) is 0 Å². The molecule has 4 heteroatoms. The Morgan fingerprint density at radius 2 is 2.36 bits per heavy atom. The average Bonchev–Trinajstić information content (AvgIpc) is 2.51. The minimum absolute atomic E-state index is 0.132. The number of amidine groups is 1. The maximum atomic E-state index is 7.33. The highest BCUT2D eigenvalue weighted by Gasteiger charge is 2.28. The van der Waals surface area contributed by atoms with Crippen molar-refractivity contribution in [2.45, 2.75) is 32.4 Å². The van der Waals surface area contributed by atoms with Gasteiger partial charge in [0.2, 0.25) is 0 Å². The van der Waals surface area contributed by atoms with Gasteiger partial charge in [0.15, 0.2) is 0 Å². The van der Waals surface area contributed by atoms with E-state index < -0.39 is 0 Å². The first kappa shape index (κ1) is 11.5. The van der Waals surface area contributed by atoms with Gasteiger partial charge in [-0.05, 0) is 20.4 Å². The van der Waals surface area contributed by atoms with E-state index in [1.165, 1.54) is 0 Å². The first-order valence-corrected chi connectivity index (χ1v) is 5.18. The molecule has 3 unspecified atom stereocenters. The minimum atomic E-state index is 0.132. The zero-order chi connectivity index (χ0) is 10.7. The Morgan fingerprint density at radius 3 is 2.79 bits per heavy atom. The molecule has 82 valence electrons. The van der Waals surface area contributed by atoms with Gasteiger partial charge < -0.3 is 15.4 Å². The largest absolute Gasteiger partial charge is 0.387 e. The lowest BCUT2D eigenvalue weighted by Gasteiger charge is -2.28. The van der Waals surface area contributed by atoms with Gasteiger partial charge in [0.05, 0.1) is 11.9 Å². The van der Waals surface area contributed by atoms with Gasteiger partial charge in [-0.25, -0.2) is 0 Å². The number of ether oxygens (including phenoxy) is 1. The van der Waals surface area contributed by atoms with Gasteiger partial charge in [-0.1, -0.05) is 6.92 Å². The molecule has 0 aromatic carbocycles. The SMILES string of the molecule is CC(CN(C)C1CCOC1C)C(=N)N. The summed E-state index contributed by atoms with van der Waals surface area (Å²) in [6.45, 7) is 5.78. The van der Waals surface area contributed by atoms with E-state index in [-0.39, 0.29) is 11.8 Å². The van der Waals surface area contributed by atoms with Gasteiger partial charge in [0.25, 0.3) is 0 Å². The van der Waals surface area contributed by atoms with E-state index in [9.17, 15) is 0 Å². The van der Waals surface area contributed by atoms with Crippen molar-refractivity contribution in [3.63, 3.8) is 0 Å². The molecule has 0 bridgehead atoms. The fourth-order valence-corrected chi connectivity index (χ4v) is 1.96. The third-order valence-electron chi connectivity index (χ3n) is 3.00. The molecule has 0 saturated carbocycles. The maximum absolute atomic E-state index is 7.33. The summed E-state index contributed by atoms with van der Waals surface area (Å²) in [5, 5.41) is 7.33. The van der Waals surface area contributed by atoms with Crippen molar-refractivity contribution in [1.29, 1.82) is 5.41 Å². The van der Waals surface area contributed by atoms with Gasteiger partial charge >= 0.3 is 0 Å². The topological polar surface area (TPSA) is 62.3 Å². The summed E-state index contributed by atoms with van der Waals surface area (Å²) in [6, 6.07) is 0.483. The Labute approximate surface area is 85.9 Å². The first-order valence-electron chi connectivity index (χ1n) is 5.18. The lowest BCUT2D eigenvalue weighted by molar-refractivity contribution is 0.0817. The molecule has 1 aliphatic heterocycles. The highest BCUT2D eigenvalue weighted by Crippen LogP contribution is 2.18. The molecule has 1 fully saturated rings. The molecule has 1 heterocycles. The monoisotopic (exact) mass is 199 g/mol. The zero-order valence-corrected chi connectivity index (χ0v) is 9.29. The summed E-state index contributed by atoms with van der Waals surface area (Å²) < 4.78 is 5.50. The molecule has 1 aliphatic rings. The van der Waals surface area contributed by atoms with Crippen LogP contribution < -0.4 is 5.73 Å². The van der Waals surface area contributed by atoms with Crippen LogP contribution in [0.25, 0.3) is 0 Å². The predicted octanol–water partition coefficient (Wildman–Crippen LogP) is 0.668. The van der Waals surface area contributed by atoms with Crippen LogP contribution in [0.5, 0.6) is 0 Å². The Hall–Kier alpha value is -0.610. The molecule has 0 spiro atoms. The molecular formula is C10H21N3O. The van der Waals surface area contributed by atoms with Crippen LogP contribution in [0.4, 0.5) is 0 Å². The molecule has 14 heavy (non-hydrogen) atoms. The van der Waals surface area contributed by atoms with E-state index in [0.717, 1.165) is 19.6 Å². The molecule has 0 aromatic heterocycles. The number of nitrogens with two attached hydrogens (primary N) is 1. The fraction of sp³-hybridized carbons (Fsp3) is 0.900. The van der Waals surface area contributed by atoms with Crippen LogP contribution >= 0.6 is 0 Å². The van der Waals surface area contributed by atoms with Crippen LogP contribution in [0, 0.1) is 11.3 Å². The molecule has 3 N–H and O–H groups in total. The second-order valence-corrected chi connectivity index (χ2v) is 4.23. The summed E-state index contributed by atoms with van der Waals surface area (Å²) in [6.07, 6.45) is 1.39. The van der Waals surface area contributed by atoms with Crippen molar-refractivity contribution in [2.24, 2.45) is 11.7 Å². The number of hydrogen-bond acceptors (Lipinski definition) is 3. The lowest BCUT2D eigenvalue weighted by atomic mass is 10.1. The molecule has 0 aliphatic carbocycles. The van der Waals surface area contributed by atoms with E-state index in [1.54, 1.807) is 0 Å². The van der Waals surface area contributed by atoms with Crippen LogP contribution in [-0.4, -0.2) is 43.1 Å². The lowest BCUT2D eigenvalue weighted by Crippen LogP contribution is -2.41. The summed E-state index contributed by atoms with van der Waals surface area (Å²) in [5.41, 5.74) is 5.44. The van der Waals surface area contributed by atoms with Crippen molar-refractivity contribution >= 4 is 5.84 Å². The normalized spacial score (nSPS) is 29.4. The third kappa shape index (κ3) is 2.69. The minimum Gasteiger partial charge on any atom is -0.387 e. The van der Waals surface area contributed by atoms with E-state index in [1.807, 2.05) is 6.92 Å². The van der Waals surface area contributed by atoms with Gasteiger partial charge in [-0.15, -0.1) is 0 Å². The fourth-order valence-electron chi connectivity index (χ4n) is 1.96. The molecular weight excluding hydrogens is 178 g/mol. The van der Waals surface area contributed by atoms with Crippen LogP contribution in [0.15, 0.2) is 0 Å².